The molecule has 0 bridgehead atoms. The summed E-state index contributed by atoms with van der Waals surface area (Å²) >= 11 is 0. The van der Waals surface area contributed by atoms with E-state index in [9.17, 15) is 14.7 Å². The topological polar surface area (TPSA) is 70.8 Å². The van der Waals surface area contributed by atoms with Crippen LogP contribution in [0.2, 0.25) is 0 Å². The number of carbonyl (C=O) groups excluding carboxylic acids is 1. The van der Waals surface area contributed by atoms with E-state index in [2.05, 4.69) is 42.5 Å². The number of nitrogens with zero attached hydrogens (tertiary/aromatic N) is 1. The van der Waals surface area contributed by atoms with Crippen molar-refractivity contribution >= 4 is 22.8 Å². The van der Waals surface area contributed by atoms with Crippen molar-refractivity contribution in [2.24, 2.45) is 0 Å². The fraction of sp³-hybridized carbons (Fsp3) is 0.176. The summed E-state index contributed by atoms with van der Waals surface area (Å²) in [6.07, 6.45) is 2.88. The molecule has 1 atom stereocenters. The summed E-state index contributed by atoms with van der Waals surface area (Å²) in [5.41, 5.74) is 6.82. The number of benzene rings is 4. The average Bonchev–Trinajstić information content (AvgIpc) is 3.35. The highest BCUT2D eigenvalue weighted by Crippen LogP contribution is 2.37. The number of amides is 1. The molecule has 0 radical (unpaired) electrons. The van der Waals surface area contributed by atoms with Gasteiger partial charge in [-0.3, -0.25) is 4.79 Å². The van der Waals surface area contributed by atoms with E-state index in [1.807, 2.05) is 48.5 Å². The van der Waals surface area contributed by atoms with Crippen LogP contribution in [0.4, 0.5) is 0 Å². The van der Waals surface area contributed by atoms with Gasteiger partial charge in [0.1, 0.15) is 17.4 Å². The van der Waals surface area contributed by atoms with Crippen LogP contribution in [0, 0.1) is 0 Å². The predicted octanol–water partition coefficient (Wildman–Crippen LogP) is 7.44. The molecule has 5 nitrogen and oxygen atoms in total. The molecule has 1 N–H and O–H groups in total. The Kier molecular flexibility index (Phi) is 6.72. The Balaban J connectivity index is 1.26. The van der Waals surface area contributed by atoms with Crippen LogP contribution >= 0.6 is 0 Å². The van der Waals surface area contributed by atoms with Crippen LogP contribution in [0.25, 0.3) is 33.2 Å². The summed E-state index contributed by atoms with van der Waals surface area (Å²) < 4.78 is 6.31. The number of carbonyl (C=O) groups is 2. The van der Waals surface area contributed by atoms with Crippen molar-refractivity contribution in [1.82, 2.24) is 4.90 Å². The second kappa shape index (κ2) is 10.6. The zero-order valence-electron chi connectivity index (χ0n) is 21.5. The Bertz CT molecular complexity index is 1620. The quantitative estimate of drug-likeness (QED) is 0.255. The number of aliphatic carboxylic acids is 1. The Hall–Kier alpha value is -4.64. The molecule has 1 saturated heterocycles. The van der Waals surface area contributed by atoms with Gasteiger partial charge in [-0.15, -0.1) is 0 Å². The molecular weight excluding hydrogens is 486 g/mol. The first-order valence-electron chi connectivity index (χ1n) is 13.4. The lowest BCUT2D eigenvalue weighted by Crippen LogP contribution is -2.47. The van der Waals surface area contributed by atoms with Crippen LogP contribution in [-0.4, -0.2) is 34.5 Å². The molecule has 1 unspecified atom stereocenters. The number of likely N-dealkylation sites (tertiary alicyclic amines) is 1. The molecule has 0 saturated carbocycles. The molecule has 1 amide bonds. The zero-order chi connectivity index (χ0) is 26.8. The van der Waals surface area contributed by atoms with Crippen LogP contribution < -0.4 is 0 Å². The van der Waals surface area contributed by atoms with Crippen molar-refractivity contribution in [3.8, 4) is 22.3 Å². The molecule has 0 aliphatic carbocycles. The third-order valence-electron chi connectivity index (χ3n) is 7.56. The van der Waals surface area contributed by atoms with Crippen LogP contribution in [-0.2, 0) is 11.2 Å². The molecule has 1 aromatic heterocycles. The summed E-state index contributed by atoms with van der Waals surface area (Å²) in [4.78, 5) is 26.2. The summed E-state index contributed by atoms with van der Waals surface area (Å²) in [6, 6.07) is 33.6. The summed E-state index contributed by atoms with van der Waals surface area (Å²) in [5, 5.41) is 10.6. The van der Waals surface area contributed by atoms with E-state index in [0.717, 1.165) is 51.8 Å². The van der Waals surface area contributed by atoms with E-state index >= 15 is 0 Å². The fourth-order valence-electron chi connectivity index (χ4n) is 5.55. The molecule has 5 aromatic rings. The first-order valence-corrected chi connectivity index (χ1v) is 13.4. The Morgan fingerprint density at radius 2 is 1.41 bits per heavy atom. The van der Waals surface area contributed by atoms with Crippen molar-refractivity contribution in [3.63, 3.8) is 0 Å². The molecule has 2 heterocycles. The Morgan fingerprint density at radius 3 is 2.13 bits per heavy atom. The maximum absolute atomic E-state index is 13.1. The molecule has 1 aliphatic rings. The van der Waals surface area contributed by atoms with E-state index in [-0.39, 0.29) is 5.91 Å². The number of para-hydroxylation sites is 1. The van der Waals surface area contributed by atoms with Gasteiger partial charge in [-0.2, -0.15) is 0 Å². The van der Waals surface area contributed by atoms with Crippen molar-refractivity contribution in [2.75, 3.05) is 6.54 Å². The van der Waals surface area contributed by atoms with E-state index in [4.69, 9.17) is 4.42 Å². The van der Waals surface area contributed by atoms with Crippen LogP contribution in [0.1, 0.15) is 40.9 Å². The molecular formula is C34H29NO4. The minimum atomic E-state index is -0.933. The van der Waals surface area contributed by atoms with E-state index in [1.165, 1.54) is 10.5 Å². The van der Waals surface area contributed by atoms with Gasteiger partial charge in [0.2, 0.25) is 0 Å². The van der Waals surface area contributed by atoms with Gasteiger partial charge >= 0.3 is 5.97 Å². The highest BCUT2D eigenvalue weighted by molar-refractivity contribution is 5.98. The number of fused-ring (bicyclic) bond motifs is 1. The van der Waals surface area contributed by atoms with Gasteiger partial charge in [0.05, 0.1) is 0 Å². The normalized spacial score (nSPS) is 15.4. The second-order valence-corrected chi connectivity index (χ2v) is 10.1. The molecule has 6 rings (SSSR count). The van der Waals surface area contributed by atoms with Crippen molar-refractivity contribution in [3.05, 3.63) is 120 Å². The zero-order valence-corrected chi connectivity index (χ0v) is 21.5. The van der Waals surface area contributed by atoms with Gasteiger partial charge in [-0.05, 0) is 59.7 Å². The minimum absolute atomic E-state index is 0.221. The maximum Gasteiger partial charge on any atom is 0.326 e. The largest absolute Gasteiger partial charge is 0.480 e. The van der Waals surface area contributed by atoms with Crippen LogP contribution in [0.3, 0.4) is 0 Å². The van der Waals surface area contributed by atoms with E-state index in [0.29, 0.717) is 24.9 Å². The first kappa shape index (κ1) is 24.7. The third-order valence-corrected chi connectivity index (χ3v) is 7.56. The number of carboxylic acids is 1. The molecule has 1 fully saturated rings. The molecule has 4 aromatic carbocycles. The van der Waals surface area contributed by atoms with Gasteiger partial charge in [-0.25, -0.2) is 4.79 Å². The van der Waals surface area contributed by atoms with Crippen molar-refractivity contribution < 1.29 is 19.1 Å². The minimum Gasteiger partial charge on any atom is -0.480 e. The maximum atomic E-state index is 13.1. The molecule has 5 heteroatoms. The number of hydrogen-bond donors (Lipinski definition) is 1. The smallest absolute Gasteiger partial charge is 0.326 e. The number of piperidine rings is 1. The van der Waals surface area contributed by atoms with E-state index < -0.39 is 12.0 Å². The molecule has 39 heavy (non-hydrogen) atoms. The lowest BCUT2D eigenvalue weighted by atomic mass is 9.96. The summed E-state index contributed by atoms with van der Waals surface area (Å²) in [5.74, 6) is -0.214. The number of carboxylic acid groups (broad SMARTS) is 1. The fourth-order valence-corrected chi connectivity index (χ4v) is 5.55. The Morgan fingerprint density at radius 1 is 0.769 bits per heavy atom. The van der Waals surface area contributed by atoms with Gasteiger partial charge < -0.3 is 14.4 Å². The van der Waals surface area contributed by atoms with Crippen LogP contribution in [0.5, 0.6) is 0 Å². The van der Waals surface area contributed by atoms with Gasteiger partial charge in [0.25, 0.3) is 5.91 Å². The van der Waals surface area contributed by atoms with E-state index in [1.54, 1.807) is 12.1 Å². The van der Waals surface area contributed by atoms with Crippen LogP contribution in [0.15, 0.2) is 108 Å². The molecule has 194 valence electrons. The highest BCUT2D eigenvalue weighted by Gasteiger charge is 2.32. The monoisotopic (exact) mass is 515 g/mol. The summed E-state index contributed by atoms with van der Waals surface area (Å²) in [6.45, 7) is 0.480. The molecule has 1 aliphatic heterocycles. The number of furan rings is 1. The van der Waals surface area contributed by atoms with Crippen molar-refractivity contribution in [2.45, 2.75) is 31.7 Å². The first-order chi connectivity index (χ1) is 19.1. The lowest BCUT2D eigenvalue weighted by molar-refractivity contribution is -0.143. The van der Waals surface area contributed by atoms with Gasteiger partial charge in [-0.1, -0.05) is 84.9 Å². The third kappa shape index (κ3) is 4.96. The Labute approximate surface area is 227 Å². The van der Waals surface area contributed by atoms with Gasteiger partial charge in [0, 0.05) is 29.5 Å². The number of hydrogen-bond acceptors (Lipinski definition) is 3. The average molecular weight is 516 g/mol. The predicted molar refractivity (Wildman–Crippen MR) is 153 cm³/mol. The van der Waals surface area contributed by atoms with Gasteiger partial charge in [0.15, 0.2) is 0 Å². The standard InChI is InChI=1S/C34H29NO4/c36-33(35-21-7-6-11-29(35)34(37)38)27-19-15-25(16-20-27)24-13-17-26(18-14-24)32-28-10-4-5-12-30(28)39-31(32)22-23-8-2-1-3-9-23/h1-5,8-10,12-20,29H,6-7,11,21-22H2,(H,37,38). The number of rotatable bonds is 6. The lowest BCUT2D eigenvalue weighted by Gasteiger charge is -2.33. The molecule has 0 spiro atoms. The summed E-state index contributed by atoms with van der Waals surface area (Å²) in [7, 11) is 0. The van der Waals surface area contributed by atoms with Crippen molar-refractivity contribution in [1.29, 1.82) is 0 Å². The SMILES string of the molecule is O=C(O)C1CCCCN1C(=O)c1ccc(-c2ccc(-c3c(Cc4ccccc4)oc4ccccc34)cc2)cc1. The second-order valence-electron chi connectivity index (χ2n) is 10.1. The highest BCUT2D eigenvalue weighted by atomic mass is 16.4.